The summed E-state index contributed by atoms with van der Waals surface area (Å²) in [5.41, 5.74) is 0.919. The van der Waals surface area contributed by atoms with Crippen molar-refractivity contribution in [1.82, 2.24) is 10.6 Å². The van der Waals surface area contributed by atoms with Crippen LogP contribution in [-0.4, -0.2) is 39.1 Å². The average molecular weight is 334 g/mol. The van der Waals surface area contributed by atoms with Gasteiger partial charge in [0.15, 0.2) is 0 Å². The maximum atomic E-state index is 12.2. The highest BCUT2D eigenvalue weighted by Gasteiger charge is 2.23. The van der Waals surface area contributed by atoms with E-state index in [2.05, 4.69) is 10.6 Å². The molecule has 1 atom stereocenters. The molecule has 2 rings (SSSR count). The van der Waals surface area contributed by atoms with E-state index in [1.54, 1.807) is 20.3 Å². The number of piperidine rings is 1. The molecule has 1 aliphatic heterocycles. The van der Waals surface area contributed by atoms with Crippen LogP contribution in [0, 0.1) is 5.92 Å². The zero-order valence-corrected chi connectivity index (χ0v) is 14.6. The van der Waals surface area contributed by atoms with Crippen molar-refractivity contribution in [3.63, 3.8) is 0 Å². The van der Waals surface area contributed by atoms with E-state index in [0.717, 1.165) is 31.5 Å². The highest BCUT2D eigenvalue weighted by molar-refractivity contribution is 5.96. The van der Waals surface area contributed by atoms with Crippen molar-refractivity contribution in [2.75, 3.05) is 27.3 Å². The van der Waals surface area contributed by atoms with Crippen LogP contribution in [0.4, 0.5) is 0 Å². The van der Waals surface area contributed by atoms with Crippen molar-refractivity contribution in [3.05, 3.63) is 23.8 Å². The Kier molecular flexibility index (Phi) is 6.61. The summed E-state index contributed by atoms with van der Waals surface area (Å²) in [5, 5.41) is 5.75. The van der Waals surface area contributed by atoms with Gasteiger partial charge in [-0.3, -0.25) is 14.9 Å². The Labute approximate surface area is 142 Å². The standard InChI is InChI=1S/C18H26N2O4/c1-12(15-5-4-14(23-2)11-16(15)24-3)10-17(21)20-18(22)13-6-8-19-9-7-13/h4-5,11-13,19H,6-10H2,1-3H3,(H,20,21,22). The van der Waals surface area contributed by atoms with Crippen LogP contribution in [0.1, 0.15) is 37.7 Å². The predicted molar refractivity (Wildman–Crippen MR) is 91.3 cm³/mol. The number of imide groups is 1. The molecule has 132 valence electrons. The summed E-state index contributed by atoms with van der Waals surface area (Å²) >= 11 is 0. The van der Waals surface area contributed by atoms with Crippen molar-refractivity contribution in [1.29, 1.82) is 0 Å². The van der Waals surface area contributed by atoms with E-state index in [1.165, 1.54) is 0 Å². The van der Waals surface area contributed by atoms with Crippen LogP contribution < -0.4 is 20.1 Å². The van der Waals surface area contributed by atoms with Crippen LogP contribution in [0.5, 0.6) is 11.5 Å². The Morgan fingerprint density at radius 2 is 1.96 bits per heavy atom. The van der Waals surface area contributed by atoms with Gasteiger partial charge in [-0.15, -0.1) is 0 Å². The van der Waals surface area contributed by atoms with E-state index in [0.29, 0.717) is 11.5 Å². The van der Waals surface area contributed by atoms with Crippen molar-refractivity contribution in [2.24, 2.45) is 5.92 Å². The molecule has 2 amide bonds. The maximum absolute atomic E-state index is 12.2. The molecule has 1 fully saturated rings. The Hall–Kier alpha value is -2.08. The molecule has 0 saturated carbocycles. The van der Waals surface area contributed by atoms with E-state index in [9.17, 15) is 9.59 Å². The molecule has 2 N–H and O–H groups in total. The number of carbonyl (C=O) groups is 2. The van der Waals surface area contributed by atoms with Crippen LogP contribution in [0.25, 0.3) is 0 Å². The minimum atomic E-state index is -0.246. The molecule has 1 saturated heterocycles. The van der Waals surface area contributed by atoms with E-state index in [4.69, 9.17) is 9.47 Å². The molecule has 0 bridgehead atoms. The molecule has 1 aromatic rings. The second kappa shape index (κ2) is 8.68. The van der Waals surface area contributed by atoms with Crippen LogP contribution in [0.2, 0.25) is 0 Å². The Morgan fingerprint density at radius 3 is 2.58 bits per heavy atom. The molecule has 6 heteroatoms. The second-order valence-corrected chi connectivity index (χ2v) is 6.15. The zero-order valence-electron chi connectivity index (χ0n) is 14.6. The van der Waals surface area contributed by atoms with E-state index < -0.39 is 0 Å². The molecule has 0 radical (unpaired) electrons. The van der Waals surface area contributed by atoms with Gasteiger partial charge >= 0.3 is 0 Å². The van der Waals surface area contributed by atoms with Gasteiger partial charge in [0.25, 0.3) is 0 Å². The van der Waals surface area contributed by atoms with Crippen molar-refractivity contribution in [2.45, 2.75) is 32.1 Å². The summed E-state index contributed by atoms with van der Waals surface area (Å²) in [5.74, 6) is 0.847. The topological polar surface area (TPSA) is 76.7 Å². The van der Waals surface area contributed by atoms with E-state index in [1.807, 2.05) is 19.1 Å². The summed E-state index contributed by atoms with van der Waals surface area (Å²) in [7, 11) is 3.18. The second-order valence-electron chi connectivity index (χ2n) is 6.15. The number of nitrogens with one attached hydrogen (secondary N) is 2. The monoisotopic (exact) mass is 334 g/mol. The van der Waals surface area contributed by atoms with Gasteiger partial charge in [-0.2, -0.15) is 0 Å². The summed E-state index contributed by atoms with van der Waals surface area (Å²) in [6.45, 7) is 3.59. The lowest BCUT2D eigenvalue weighted by molar-refractivity contribution is -0.133. The summed E-state index contributed by atoms with van der Waals surface area (Å²) in [6.07, 6.45) is 1.79. The van der Waals surface area contributed by atoms with Gasteiger partial charge in [-0.25, -0.2) is 0 Å². The number of benzene rings is 1. The first-order valence-corrected chi connectivity index (χ1v) is 8.31. The molecular formula is C18H26N2O4. The van der Waals surface area contributed by atoms with Crippen molar-refractivity contribution >= 4 is 11.8 Å². The largest absolute Gasteiger partial charge is 0.497 e. The smallest absolute Gasteiger partial charge is 0.229 e. The molecule has 6 nitrogen and oxygen atoms in total. The molecule has 0 aromatic heterocycles. The molecule has 0 spiro atoms. The Morgan fingerprint density at radius 1 is 1.25 bits per heavy atom. The van der Waals surface area contributed by atoms with Gasteiger partial charge in [0, 0.05) is 18.4 Å². The fourth-order valence-electron chi connectivity index (χ4n) is 2.99. The van der Waals surface area contributed by atoms with Crippen LogP contribution in [0.15, 0.2) is 18.2 Å². The lowest BCUT2D eigenvalue weighted by atomic mass is 9.95. The normalized spacial score (nSPS) is 16.3. The van der Waals surface area contributed by atoms with Crippen molar-refractivity contribution in [3.8, 4) is 11.5 Å². The number of amides is 2. The van der Waals surface area contributed by atoms with Gasteiger partial charge in [-0.05, 0) is 43.5 Å². The molecule has 24 heavy (non-hydrogen) atoms. The summed E-state index contributed by atoms with van der Waals surface area (Å²) in [4.78, 5) is 24.3. The first-order chi connectivity index (χ1) is 11.5. The van der Waals surface area contributed by atoms with E-state index in [-0.39, 0.29) is 30.1 Å². The third-order valence-electron chi connectivity index (χ3n) is 4.44. The van der Waals surface area contributed by atoms with Crippen LogP contribution in [0.3, 0.4) is 0 Å². The third kappa shape index (κ3) is 4.71. The number of carbonyl (C=O) groups excluding carboxylic acids is 2. The maximum Gasteiger partial charge on any atom is 0.229 e. The van der Waals surface area contributed by atoms with Crippen molar-refractivity contribution < 1.29 is 19.1 Å². The van der Waals surface area contributed by atoms with Gasteiger partial charge in [-0.1, -0.05) is 13.0 Å². The third-order valence-corrected chi connectivity index (χ3v) is 4.44. The molecule has 1 aromatic carbocycles. The summed E-state index contributed by atoms with van der Waals surface area (Å²) < 4.78 is 10.6. The molecular weight excluding hydrogens is 308 g/mol. The highest BCUT2D eigenvalue weighted by Crippen LogP contribution is 2.32. The highest BCUT2D eigenvalue weighted by atomic mass is 16.5. The van der Waals surface area contributed by atoms with Gasteiger partial charge in [0.2, 0.25) is 11.8 Å². The van der Waals surface area contributed by atoms with E-state index >= 15 is 0 Å². The Balaban J connectivity index is 1.94. The predicted octanol–water partition coefficient (Wildman–Crippen LogP) is 1.84. The minimum absolute atomic E-state index is 0.0633. The molecule has 1 aliphatic rings. The fourth-order valence-corrected chi connectivity index (χ4v) is 2.99. The lowest BCUT2D eigenvalue weighted by Gasteiger charge is -2.22. The number of hydrogen-bond donors (Lipinski definition) is 2. The molecule has 1 unspecified atom stereocenters. The van der Waals surface area contributed by atoms with Gasteiger partial charge in [0.05, 0.1) is 14.2 Å². The lowest BCUT2D eigenvalue weighted by Crippen LogP contribution is -2.40. The average Bonchev–Trinajstić information content (AvgIpc) is 2.61. The fraction of sp³-hybridized carbons (Fsp3) is 0.556. The molecule has 0 aliphatic carbocycles. The number of rotatable bonds is 6. The minimum Gasteiger partial charge on any atom is -0.497 e. The van der Waals surface area contributed by atoms with Gasteiger partial charge < -0.3 is 14.8 Å². The first kappa shape index (κ1) is 18.3. The first-order valence-electron chi connectivity index (χ1n) is 8.31. The zero-order chi connectivity index (χ0) is 17.5. The summed E-state index contributed by atoms with van der Waals surface area (Å²) in [6, 6.07) is 5.53. The molecule has 1 heterocycles. The SMILES string of the molecule is COc1ccc(C(C)CC(=O)NC(=O)C2CCNCC2)c(OC)c1. The number of ether oxygens (including phenoxy) is 2. The Bertz CT molecular complexity index is 582. The quantitative estimate of drug-likeness (QED) is 0.830. The van der Waals surface area contributed by atoms with Gasteiger partial charge in [0.1, 0.15) is 11.5 Å². The van der Waals surface area contributed by atoms with Crippen LogP contribution >= 0.6 is 0 Å². The number of methoxy groups -OCH3 is 2. The van der Waals surface area contributed by atoms with Crippen LogP contribution in [-0.2, 0) is 9.59 Å². The number of hydrogen-bond acceptors (Lipinski definition) is 5.